The van der Waals surface area contributed by atoms with Crippen molar-refractivity contribution in [1.29, 1.82) is 0 Å². The molecule has 1 N–H and O–H groups in total. The van der Waals surface area contributed by atoms with Crippen molar-refractivity contribution in [3.05, 3.63) is 64.4 Å². The zero-order valence-corrected chi connectivity index (χ0v) is 22.4. The molecule has 1 aliphatic carbocycles. The van der Waals surface area contributed by atoms with Crippen molar-refractivity contribution in [2.75, 3.05) is 17.1 Å². The van der Waals surface area contributed by atoms with Gasteiger partial charge in [0.2, 0.25) is 21.8 Å². The van der Waals surface area contributed by atoms with Gasteiger partial charge in [-0.05, 0) is 50.5 Å². The van der Waals surface area contributed by atoms with Gasteiger partial charge < -0.3 is 10.2 Å². The minimum Gasteiger partial charge on any atom is -0.352 e. The van der Waals surface area contributed by atoms with Gasteiger partial charge in [-0.2, -0.15) is 0 Å². The van der Waals surface area contributed by atoms with E-state index in [0.717, 1.165) is 42.7 Å². The molecule has 2 aromatic carbocycles. The first kappa shape index (κ1) is 27.9. The first-order chi connectivity index (χ1) is 17.0. The minimum absolute atomic E-state index is 0.0285. The molecule has 0 spiro atoms. The second kappa shape index (κ2) is 12.1. The van der Waals surface area contributed by atoms with E-state index < -0.39 is 34.3 Å². The van der Waals surface area contributed by atoms with Gasteiger partial charge in [-0.15, -0.1) is 0 Å². The highest BCUT2D eigenvalue weighted by Gasteiger charge is 2.32. The highest BCUT2D eigenvalue weighted by molar-refractivity contribution is 7.92. The summed E-state index contributed by atoms with van der Waals surface area (Å²) in [6, 6.07) is 9.86. The standard InChI is InChI=1S/C26H33ClFN3O4S/c1-18-13-14-21(27)15-24(18)31(36(3,34)35)17-25(32)30(16-20-9-7-8-12-23(20)28)19(2)26(33)29-22-10-5-4-6-11-22/h7-9,12-15,19,22H,4-6,10-11,16-17H2,1-3H3,(H,29,33)/t19-/m0/s1. The van der Waals surface area contributed by atoms with E-state index in [9.17, 15) is 22.4 Å². The number of amides is 2. The number of rotatable bonds is 9. The number of anilines is 1. The summed E-state index contributed by atoms with van der Waals surface area (Å²) in [5.41, 5.74) is 1.11. The molecule has 1 fully saturated rings. The maximum absolute atomic E-state index is 14.5. The van der Waals surface area contributed by atoms with E-state index in [1.54, 1.807) is 32.0 Å². The molecule has 36 heavy (non-hydrogen) atoms. The van der Waals surface area contributed by atoms with Crippen LogP contribution in [-0.2, 0) is 26.2 Å². The molecule has 0 aliphatic heterocycles. The number of sulfonamides is 1. The van der Waals surface area contributed by atoms with Gasteiger partial charge in [0.25, 0.3) is 0 Å². The van der Waals surface area contributed by atoms with E-state index in [0.29, 0.717) is 10.6 Å². The second-order valence-corrected chi connectivity index (χ2v) is 11.7. The number of carbonyl (C=O) groups excluding carboxylic acids is 2. The molecule has 2 aromatic rings. The van der Waals surface area contributed by atoms with Gasteiger partial charge >= 0.3 is 0 Å². The fourth-order valence-electron chi connectivity index (χ4n) is 4.41. The van der Waals surface area contributed by atoms with Crippen LogP contribution in [-0.4, -0.2) is 50.0 Å². The molecule has 1 atom stereocenters. The third kappa shape index (κ3) is 7.20. The van der Waals surface area contributed by atoms with Crippen LogP contribution in [0.5, 0.6) is 0 Å². The van der Waals surface area contributed by atoms with Crippen LogP contribution in [0.2, 0.25) is 5.02 Å². The average molecular weight is 538 g/mol. The maximum Gasteiger partial charge on any atom is 0.244 e. The smallest absolute Gasteiger partial charge is 0.244 e. The van der Waals surface area contributed by atoms with Crippen molar-refractivity contribution in [3.63, 3.8) is 0 Å². The lowest BCUT2D eigenvalue weighted by Crippen LogP contribution is -2.53. The molecule has 1 aliphatic rings. The van der Waals surface area contributed by atoms with Crippen LogP contribution in [0.3, 0.4) is 0 Å². The monoisotopic (exact) mass is 537 g/mol. The number of benzene rings is 2. The molecule has 1 saturated carbocycles. The van der Waals surface area contributed by atoms with Crippen LogP contribution in [0.15, 0.2) is 42.5 Å². The minimum atomic E-state index is -3.88. The topological polar surface area (TPSA) is 86.8 Å². The lowest BCUT2D eigenvalue weighted by Gasteiger charge is -2.33. The maximum atomic E-state index is 14.5. The third-order valence-electron chi connectivity index (χ3n) is 6.54. The lowest BCUT2D eigenvalue weighted by molar-refractivity contribution is -0.139. The Labute approximate surface area is 217 Å². The van der Waals surface area contributed by atoms with Crippen LogP contribution >= 0.6 is 11.6 Å². The van der Waals surface area contributed by atoms with Crippen molar-refractivity contribution in [2.24, 2.45) is 0 Å². The van der Waals surface area contributed by atoms with Crippen molar-refractivity contribution in [3.8, 4) is 0 Å². The van der Waals surface area contributed by atoms with E-state index in [4.69, 9.17) is 11.6 Å². The zero-order chi connectivity index (χ0) is 26.5. The Balaban J connectivity index is 1.91. The fourth-order valence-corrected chi connectivity index (χ4v) is 5.47. The first-order valence-corrected chi connectivity index (χ1v) is 14.3. The van der Waals surface area contributed by atoms with Gasteiger partial charge in [0.15, 0.2) is 0 Å². The summed E-state index contributed by atoms with van der Waals surface area (Å²) in [5, 5.41) is 3.33. The number of aryl methyl sites for hydroxylation is 1. The second-order valence-electron chi connectivity index (χ2n) is 9.33. The number of hydrogen-bond acceptors (Lipinski definition) is 4. The van der Waals surface area contributed by atoms with E-state index >= 15 is 0 Å². The molecule has 0 unspecified atom stereocenters. The van der Waals surface area contributed by atoms with Crippen molar-refractivity contribution in [2.45, 2.75) is 64.6 Å². The molecule has 0 saturated heterocycles. The van der Waals surface area contributed by atoms with Gasteiger partial charge in [0.1, 0.15) is 18.4 Å². The predicted molar refractivity (Wildman–Crippen MR) is 140 cm³/mol. The molecule has 0 radical (unpaired) electrons. The van der Waals surface area contributed by atoms with E-state index in [2.05, 4.69) is 5.32 Å². The summed E-state index contributed by atoms with van der Waals surface area (Å²) in [4.78, 5) is 28.0. The molecule has 2 amide bonds. The third-order valence-corrected chi connectivity index (χ3v) is 7.90. The Kier molecular flexibility index (Phi) is 9.35. The predicted octanol–water partition coefficient (Wildman–Crippen LogP) is 4.42. The van der Waals surface area contributed by atoms with Crippen LogP contribution in [0.25, 0.3) is 0 Å². The van der Waals surface area contributed by atoms with Crippen molar-refractivity contribution in [1.82, 2.24) is 10.2 Å². The molecule has 196 valence electrons. The van der Waals surface area contributed by atoms with Gasteiger partial charge in [-0.25, -0.2) is 12.8 Å². The Bertz CT molecular complexity index is 1200. The summed E-state index contributed by atoms with van der Waals surface area (Å²) in [5.74, 6) is -1.49. The SMILES string of the molecule is Cc1ccc(Cl)cc1N(CC(=O)N(Cc1ccccc1F)[C@@H](C)C(=O)NC1CCCCC1)S(C)(=O)=O. The summed E-state index contributed by atoms with van der Waals surface area (Å²) in [6.45, 7) is 2.55. The highest BCUT2D eigenvalue weighted by atomic mass is 35.5. The molecular weight excluding hydrogens is 505 g/mol. The van der Waals surface area contributed by atoms with Gasteiger partial charge in [0, 0.05) is 23.2 Å². The summed E-state index contributed by atoms with van der Waals surface area (Å²) < 4.78 is 40.9. The molecule has 10 heteroatoms. The Hall–Kier alpha value is -2.65. The van der Waals surface area contributed by atoms with Crippen molar-refractivity contribution < 1.29 is 22.4 Å². The number of nitrogens with zero attached hydrogens (tertiary/aromatic N) is 2. The Morgan fingerprint density at radius 3 is 2.44 bits per heavy atom. The average Bonchev–Trinajstić information content (AvgIpc) is 2.83. The summed E-state index contributed by atoms with van der Waals surface area (Å²) in [6.07, 6.45) is 5.93. The molecule has 0 heterocycles. The van der Waals surface area contributed by atoms with E-state index in [1.165, 1.54) is 29.2 Å². The Morgan fingerprint density at radius 1 is 1.14 bits per heavy atom. The van der Waals surface area contributed by atoms with E-state index in [1.807, 2.05) is 0 Å². The van der Waals surface area contributed by atoms with Crippen LogP contribution in [0.4, 0.5) is 10.1 Å². The normalized spacial score (nSPS) is 15.2. The van der Waals surface area contributed by atoms with Gasteiger partial charge in [-0.3, -0.25) is 13.9 Å². The van der Waals surface area contributed by atoms with Crippen LogP contribution < -0.4 is 9.62 Å². The molecule has 3 rings (SSSR count). The number of nitrogens with one attached hydrogen (secondary N) is 1. The largest absolute Gasteiger partial charge is 0.352 e. The van der Waals surface area contributed by atoms with Gasteiger partial charge in [-0.1, -0.05) is 55.1 Å². The first-order valence-electron chi connectivity index (χ1n) is 12.0. The molecule has 7 nitrogen and oxygen atoms in total. The van der Waals surface area contributed by atoms with Gasteiger partial charge in [0.05, 0.1) is 11.9 Å². The molecule has 0 aromatic heterocycles. The number of halogens is 2. The zero-order valence-electron chi connectivity index (χ0n) is 20.8. The number of carbonyl (C=O) groups is 2. The number of hydrogen-bond donors (Lipinski definition) is 1. The highest BCUT2D eigenvalue weighted by Crippen LogP contribution is 2.27. The van der Waals surface area contributed by atoms with Crippen LogP contribution in [0, 0.1) is 12.7 Å². The lowest BCUT2D eigenvalue weighted by atomic mass is 9.95. The summed E-state index contributed by atoms with van der Waals surface area (Å²) >= 11 is 6.11. The summed E-state index contributed by atoms with van der Waals surface area (Å²) in [7, 11) is -3.88. The molecular formula is C26H33ClFN3O4S. The van der Waals surface area contributed by atoms with Crippen LogP contribution in [0.1, 0.15) is 50.2 Å². The van der Waals surface area contributed by atoms with Crippen molar-refractivity contribution >= 4 is 39.1 Å². The Morgan fingerprint density at radius 2 is 1.81 bits per heavy atom. The quantitative estimate of drug-likeness (QED) is 0.513. The van der Waals surface area contributed by atoms with E-state index in [-0.39, 0.29) is 29.7 Å². The molecule has 0 bridgehead atoms. The fraction of sp³-hybridized carbons (Fsp3) is 0.462.